The fourth-order valence-electron chi connectivity index (χ4n) is 2.83. The van der Waals surface area contributed by atoms with Gasteiger partial charge in [-0.15, -0.1) is 0 Å². The normalized spacial score (nSPS) is 12.9. The summed E-state index contributed by atoms with van der Waals surface area (Å²) in [5.74, 6) is 0.755. The molecule has 4 aromatic rings. The average Bonchev–Trinajstić information content (AvgIpc) is 3.14. The van der Waals surface area contributed by atoms with Crippen molar-refractivity contribution in [3.05, 3.63) is 42.5 Å². The van der Waals surface area contributed by atoms with Gasteiger partial charge in [0.15, 0.2) is 5.13 Å². The fraction of sp³-hybridized carbons (Fsp3) is 0.211. The van der Waals surface area contributed by atoms with Crippen LogP contribution in [0.1, 0.15) is 6.92 Å². The van der Waals surface area contributed by atoms with Gasteiger partial charge in [-0.25, -0.2) is 23.1 Å². The fourth-order valence-corrected chi connectivity index (χ4v) is 4.72. The molecule has 2 aromatic heterocycles. The van der Waals surface area contributed by atoms with Crippen LogP contribution in [-0.2, 0) is 10.0 Å². The molecular weight excluding hydrogens is 426 g/mol. The van der Waals surface area contributed by atoms with Crippen LogP contribution in [0.15, 0.2) is 47.6 Å². The van der Waals surface area contributed by atoms with Crippen LogP contribution in [0.25, 0.3) is 21.1 Å². The monoisotopic (exact) mass is 445 g/mol. The maximum Gasteiger partial charge on any atom is 0.276 e. The molecule has 0 amide bonds. The molecule has 1 unspecified atom stereocenters. The third kappa shape index (κ3) is 4.05. The third-order valence-electron chi connectivity index (χ3n) is 4.21. The lowest BCUT2D eigenvalue weighted by atomic mass is 10.2. The number of anilines is 2. The van der Waals surface area contributed by atoms with E-state index in [1.165, 1.54) is 25.4 Å². The Morgan fingerprint density at radius 2 is 1.87 bits per heavy atom. The van der Waals surface area contributed by atoms with Crippen molar-refractivity contribution in [2.45, 2.75) is 18.2 Å². The van der Waals surface area contributed by atoms with Crippen LogP contribution in [0.2, 0.25) is 0 Å². The number of fused-ring (bicyclic) bond motifs is 2. The summed E-state index contributed by atoms with van der Waals surface area (Å²) in [4.78, 5) is 13.0. The number of hydrogen-bond acceptors (Lipinski definition) is 9. The van der Waals surface area contributed by atoms with Crippen molar-refractivity contribution in [1.82, 2.24) is 19.7 Å². The van der Waals surface area contributed by atoms with Gasteiger partial charge in [0, 0.05) is 6.54 Å². The van der Waals surface area contributed by atoms with Crippen molar-refractivity contribution in [2.75, 3.05) is 19.0 Å². The van der Waals surface area contributed by atoms with Crippen LogP contribution in [0, 0.1) is 0 Å². The Labute approximate surface area is 176 Å². The molecule has 0 bridgehead atoms. The van der Waals surface area contributed by atoms with Crippen molar-refractivity contribution < 1.29 is 18.3 Å². The Hall–Kier alpha value is -2.86. The van der Waals surface area contributed by atoms with Crippen LogP contribution in [0.5, 0.6) is 5.75 Å². The predicted octanol–water partition coefficient (Wildman–Crippen LogP) is 2.65. The van der Waals surface area contributed by atoms with Crippen molar-refractivity contribution in [3.8, 4) is 5.75 Å². The first kappa shape index (κ1) is 20.4. The van der Waals surface area contributed by atoms with E-state index in [9.17, 15) is 13.5 Å². The molecule has 0 aliphatic heterocycles. The molecule has 0 aliphatic carbocycles. The van der Waals surface area contributed by atoms with Crippen LogP contribution in [0.4, 0.5) is 10.9 Å². The minimum atomic E-state index is -4.04. The van der Waals surface area contributed by atoms with Gasteiger partial charge in [0.2, 0.25) is 0 Å². The number of sulfonamides is 1. The minimum absolute atomic E-state index is 0.150. The third-order valence-corrected chi connectivity index (χ3v) is 6.37. The second kappa shape index (κ2) is 8.11. The van der Waals surface area contributed by atoms with Gasteiger partial charge >= 0.3 is 0 Å². The molecule has 0 saturated carbocycles. The van der Waals surface area contributed by atoms with Gasteiger partial charge in [-0.05, 0) is 31.2 Å². The molecule has 3 N–H and O–H groups in total. The van der Waals surface area contributed by atoms with E-state index in [1.54, 1.807) is 18.2 Å². The van der Waals surface area contributed by atoms with E-state index in [1.807, 2.05) is 24.3 Å². The second-order valence-corrected chi connectivity index (χ2v) is 9.21. The summed E-state index contributed by atoms with van der Waals surface area (Å²) in [5, 5.41) is 13.2. The standard InChI is InChI=1S/C19H19N5O4S2/c1-11(25)10-20-30(26,27)19-22-13-7-5-8-14(28-2)16(13)17(24-19)23-18-21-12-6-3-4-9-15(12)29-18/h3-9,11,20,25H,10H2,1-2H3,(H,21,22,23,24). The number of methoxy groups -OCH3 is 1. The molecule has 0 fully saturated rings. The summed E-state index contributed by atoms with van der Waals surface area (Å²) in [7, 11) is -2.52. The molecule has 30 heavy (non-hydrogen) atoms. The van der Waals surface area contributed by atoms with Gasteiger partial charge in [0.1, 0.15) is 11.6 Å². The van der Waals surface area contributed by atoms with Crippen molar-refractivity contribution in [2.24, 2.45) is 0 Å². The lowest BCUT2D eigenvalue weighted by molar-refractivity contribution is 0.198. The molecule has 0 saturated heterocycles. The molecule has 11 heteroatoms. The highest BCUT2D eigenvalue weighted by atomic mass is 32.2. The van der Waals surface area contributed by atoms with Gasteiger partial charge < -0.3 is 15.2 Å². The van der Waals surface area contributed by atoms with Crippen LogP contribution >= 0.6 is 11.3 Å². The predicted molar refractivity (Wildman–Crippen MR) is 116 cm³/mol. The SMILES string of the molecule is COc1cccc2nc(S(=O)(=O)NCC(C)O)nc(Nc3nc4ccccc4s3)c12. The number of benzene rings is 2. The summed E-state index contributed by atoms with van der Waals surface area (Å²) < 4.78 is 34.0. The van der Waals surface area contributed by atoms with Crippen molar-refractivity contribution in [3.63, 3.8) is 0 Å². The number of nitrogens with one attached hydrogen (secondary N) is 2. The number of para-hydroxylation sites is 1. The number of aromatic nitrogens is 3. The second-order valence-electron chi connectivity index (χ2n) is 6.52. The zero-order valence-electron chi connectivity index (χ0n) is 16.2. The Morgan fingerprint density at radius 1 is 1.10 bits per heavy atom. The maximum atomic E-state index is 12.7. The summed E-state index contributed by atoms with van der Waals surface area (Å²) in [5.41, 5.74) is 1.21. The molecule has 0 radical (unpaired) electrons. The molecule has 2 heterocycles. The van der Waals surface area contributed by atoms with E-state index in [4.69, 9.17) is 4.74 Å². The first-order valence-electron chi connectivity index (χ1n) is 9.02. The Balaban J connectivity index is 1.85. The van der Waals surface area contributed by atoms with Crippen molar-refractivity contribution in [1.29, 1.82) is 0 Å². The summed E-state index contributed by atoms with van der Waals surface area (Å²) in [6.07, 6.45) is -0.847. The van der Waals surface area contributed by atoms with E-state index in [0.717, 1.165) is 10.2 Å². The van der Waals surface area contributed by atoms with Gasteiger partial charge in [-0.1, -0.05) is 29.5 Å². The van der Waals surface area contributed by atoms with Crippen LogP contribution in [-0.4, -0.2) is 48.2 Å². The number of thiazole rings is 1. The largest absolute Gasteiger partial charge is 0.496 e. The number of aliphatic hydroxyl groups excluding tert-OH is 1. The Morgan fingerprint density at radius 3 is 2.60 bits per heavy atom. The zero-order valence-corrected chi connectivity index (χ0v) is 17.8. The summed E-state index contributed by atoms with van der Waals surface area (Å²) >= 11 is 1.42. The molecule has 2 aromatic carbocycles. The maximum absolute atomic E-state index is 12.7. The van der Waals surface area contributed by atoms with E-state index in [0.29, 0.717) is 21.8 Å². The first-order valence-corrected chi connectivity index (χ1v) is 11.3. The molecular formula is C19H19N5O4S2. The number of rotatable bonds is 7. The topological polar surface area (TPSA) is 126 Å². The van der Waals surface area contributed by atoms with Crippen LogP contribution in [0.3, 0.4) is 0 Å². The molecule has 0 spiro atoms. The lowest BCUT2D eigenvalue weighted by Crippen LogP contribution is -2.32. The van der Waals surface area contributed by atoms with Crippen LogP contribution < -0.4 is 14.8 Å². The quantitative estimate of drug-likeness (QED) is 0.371. The first-order chi connectivity index (χ1) is 14.4. The molecule has 9 nitrogen and oxygen atoms in total. The highest BCUT2D eigenvalue weighted by Crippen LogP contribution is 2.34. The highest BCUT2D eigenvalue weighted by molar-refractivity contribution is 7.89. The number of nitrogens with zero attached hydrogens (tertiary/aromatic N) is 3. The summed E-state index contributed by atoms with van der Waals surface area (Å²) in [6.45, 7) is 1.33. The van der Waals surface area contributed by atoms with Crippen molar-refractivity contribution >= 4 is 53.4 Å². The van der Waals surface area contributed by atoms with Gasteiger partial charge in [-0.2, -0.15) is 4.98 Å². The Bertz CT molecular complexity index is 1290. The van der Waals surface area contributed by atoms with E-state index >= 15 is 0 Å². The lowest BCUT2D eigenvalue weighted by Gasteiger charge is -2.13. The average molecular weight is 446 g/mol. The molecule has 0 aliphatic rings. The van der Waals surface area contributed by atoms with Gasteiger partial charge in [-0.3, -0.25) is 0 Å². The minimum Gasteiger partial charge on any atom is -0.496 e. The molecule has 1 atom stereocenters. The summed E-state index contributed by atoms with van der Waals surface area (Å²) in [6, 6.07) is 12.8. The number of ether oxygens (including phenoxy) is 1. The van der Waals surface area contributed by atoms with Gasteiger partial charge in [0.25, 0.3) is 15.2 Å². The number of hydrogen-bond donors (Lipinski definition) is 3. The zero-order chi connectivity index (χ0) is 21.3. The smallest absolute Gasteiger partial charge is 0.276 e. The van der Waals surface area contributed by atoms with E-state index < -0.39 is 21.3 Å². The van der Waals surface area contributed by atoms with Gasteiger partial charge in [0.05, 0.1) is 34.3 Å². The molecule has 4 rings (SSSR count). The van der Waals surface area contributed by atoms with E-state index in [2.05, 4.69) is 25.0 Å². The molecule has 156 valence electrons. The Kier molecular flexibility index (Phi) is 5.52. The highest BCUT2D eigenvalue weighted by Gasteiger charge is 2.23. The number of aliphatic hydroxyl groups is 1. The van der Waals surface area contributed by atoms with E-state index in [-0.39, 0.29) is 12.4 Å².